The summed E-state index contributed by atoms with van der Waals surface area (Å²) in [7, 11) is 0. The van der Waals surface area contributed by atoms with Crippen molar-refractivity contribution in [3.8, 4) is 0 Å². The lowest BCUT2D eigenvalue weighted by Gasteiger charge is -2.16. The minimum atomic E-state index is -0.491. The van der Waals surface area contributed by atoms with Gasteiger partial charge in [0.05, 0.1) is 5.41 Å². The average Bonchev–Trinajstić information content (AvgIpc) is 3.25. The molecule has 0 unspecified atom stereocenters. The smallest absolute Gasteiger partial charge is 0.235 e. The van der Waals surface area contributed by atoms with Gasteiger partial charge in [-0.15, -0.1) is 0 Å². The molecule has 4 heteroatoms. The Balaban J connectivity index is 1.81. The molecule has 0 bridgehead atoms. The van der Waals surface area contributed by atoms with E-state index in [2.05, 4.69) is 5.32 Å². The van der Waals surface area contributed by atoms with E-state index in [9.17, 15) is 9.18 Å². The van der Waals surface area contributed by atoms with Gasteiger partial charge in [-0.05, 0) is 55.2 Å². The monoisotopic (exact) mass is 284 g/mol. The normalized spacial score (nSPS) is 15.5. The van der Waals surface area contributed by atoms with E-state index < -0.39 is 5.41 Å². The molecule has 3 N–H and O–H groups in total. The lowest BCUT2D eigenvalue weighted by Crippen LogP contribution is -2.27. The van der Waals surface area contributed by atoms with Gasteiger partial charge in [0.15, 0.2) is 0 Å². The Bertz CT molecular complexity index is 690. The molecule has 0 aliphatic heterocycles. The van der Waals surface area contributed by atoms with Gasteiger partial charge in [-0.3, -0.25) is 4.79 Å². The topological polar surface area (TPSA) is 55.1 Å². The van der Waals surface area contributed by atoms with Gasteiger partial charge in [-0.2, -0.15) is 0 Å². The third-order valence-corrected chi connectivity index (χ3v) is 4.08. The van der Waals surface area contributed by atoms with Crippen molar-refractivity contribution in [2.75, 3.05) is 11.1 Å². The zero-order valence-electron chi connectivity index (χ0n) is 11.8. The van der Waals surface area contributed by atoms with Crippen molar-refractivity contribution >= 4 is 17.3 Å². The highest BCUT2D eigenvalue weighted by Crippen LogP contribution is 2.49. The Morgan fingerprint density at radius 3 is 2.43 bits per heavy atom. The number of hydrogen-bond acceptors (Lipinski definition) is 2. The van der Waals surface area contributed by atoms with E-state index in [1.54, 1.807) is 31.2 Å². The largest absolute Gasteiger partial charge is 0.399 e. The molecule has 21 heavy (non-hydrogen) atoms. The number of aryl methyl sites for hydroxylation is 1. The fourth-order valence-corrected chi connectivity index (χ4v) is 2.50. The van der Waals surface area contributed by atoms with Crippen LogP contribution in [-0.2, 0) is 10.2 Å². The SMILES string of the molecule is Cc1ccc(NC(=O)C2(c3ccc(N)cc3)CC2)cc1F. The zero-order chi connectivity index (χ0) is 15.0. The Hall–Kier alpha value is -2.36. The Morgan fingerprint density at radius 1 is 1.19 bits per heavy atom. The predicted octanol–water partition coefficient (Wildman–Crippen LogP) is 3.39. The van der Waals surface area contributed by atoms with Crippen LogP contribution in [0.4, 0.5) is 15.8 Å². The van der Waals surface area contributed by atoms with Gasteiger partial charge in [-0.25, -0.2) is 4.39 Å². The van der Waals surface area contributed by atoms with E-state index in [1.165, 1.54) is 6.07 Å². The van der Waals surface area contributed by atoms with Crippen LogP contribution < -0.4 is 11.1 Å². The molecular weight excluding hydrogens is 267 g/mol. The molecule has 3 rings (SSSR count). The second-order valence-corrected chi connectivity index (χ2v) is 5.62. The molecule has 0 atom stereocenters. The zero-order valence-corrected chi connectivity index (χ0v) is 11.8. The van der Waals surface area contributed by atoms with Crippen LogP contribution in [0.1, 0.15) is 24.0 Å². The standard InChI is InChI=1S/C17H17FN2O/c1-11-2-7-14(10-15(11)18)20-16(21)17(8-9-17)12-3-5-13(19)6-4-12/h2-7,10H,8-9,19H2,1H3,(H,20,21). The third-order valence-electron chi connectivity index (χ3n) is 4.08. The van der Waals surface area contributed by atoms with Gasteiger partial charge in [0, 0.05) is 11.4 Å². The number of amides is 1. The fourth-order valence-electron chi connectivity index (χ4n) is 2.50. The predicted molar refractivity (Wildman–Crippen MR) is 81.5 cm³/mol. The maximum absolute atomic E-state index is 13.5. The number of nitrogen functional groups attached to an aromatic ring is 1. The van der Waals surface area contributed by atoms with Crippen molar-refractivity contribution in [3.63, 3.8) is 0 Å². The van der Waals surface area contributed by atoms with Gasteiger partial charge in [0.1, 0.15) is 5.82 Å². The molecule has 0 heterocycles. The quantitative estimate of drug-likeness (QED) is 0.849. The second kappa shape index (κ2) is 4.88. The number of carbonyl (C=O) groups excluding carboxylic acids is 1. The first-order valence-corrected chi connectivity index (χ1v) is 6.95. The first-order chi connectivity index (χ1) is 10.0. The number of hydrogen-bond donors (Lipinski definition) is 2. The summed E-state index contributed by atoms with van der Waals surface area (Å²) in [6.07, 6.45) is 1.61. The summed E-state index contributed by atoms with van der Waals surface area (Å²) in [5.41, 5.74) is 7.88. The molecule has 1 saturated carbocycles. The number of halogens is 1. The van der Waals surface area contributed by atoms with Gasteiger partial charge < -0.3 is 11.1 Å². The number of rotatable bonds is 3. The van der Waals surface area contributed by atoms with Crippen molar-refractivity contribution in [3.05, 3.63) is 59.4 Å². The minimum Gasteiger partial charge on any atom is -0.399 e. The molecule has 0 radical (unpaired) electrons. The van der Waals surface area contributed by atoms with E-state index in [0.717, 1.165) is 18.4 Å². The number of nitrogens with one attached hydrogen (secondary N) is 1. The second-order valence-electron chi connectivity index (χ2n) is 5.62. The highest BCUT2D eigenvalue weighted by atomic mass is 19.1. The summed E-state index contributed by atoms with van der Waals surface area (Å²) >= 11 is 0. The van der Waals surface area contributed by atoms with E-state index in [1.807, 2.05) is 12.1 Å². The molecule has 1 amide bonds. The molecule has 2 aromatic carbocycles. The molecule has 2 aromatic rings. The molecule has 0 spiro atoms. The first kappa shape index (κ1) is 13.6. The van der Waals surface area contributed by atoms with E-state index in [4.69, 9.17) is 5.73 Å². The lowest BCUT2D eigenvalue weighted by atomic mass is 9.94. The van der Waals surface area contributed by atoms with Crippen LogP contribution in [-0.4, -0.2) is 5.91 Å². The average molecular weight is 284 g/mol. The van der Waals surface area contributed by atoms with Crippen LogP contribution in [0.3, 0.4) is 0 Å². The number of anilines is 2. The van der Waals surface area contributed by atoms with E-state index >= 15 is 0 Å². The van der Waals surface area contributed by atoms with E-state index in [0.29, 0.717) is 16.9 Å². The van der Waals surface area contributed by atoms with Gasteiger partial charge in [0.2, 0.25) is 5.91 Å². The van der Waals surface area contributed by atoms with Crippen LogP contribution in [0.5, 0.6) is 0 Å². The van der Waals surface area contributed by atoms with Crippen molar-refractivity contribution < 1.29 is 9.18 Å². The van der Waals surface area contributed by atoms with Gasteiger partial charge in [-0.1, -0.05) is 18.2 Å². The maximum atomic E-state index is 13.5. The van der Waals surface area contributed by atoms with Crippen molar-refractivity contribution in [2.24, 2.45) is 0 Å². The van der Waals surface area contributed by atoms with Gasteiger partial charge in [0.25, 0.3) is 0 Å². The summed E-state index contributed by atoms with van der Waals surface area (Å²) in [5, 5.41) is 2.82. The summed E-state index contributed by atoms with van der Waals surface area (Å²) in [4.78, 5) is 12.5. The number of benzene rings is 2. The van der Waals surface area contributed by atoms with Gasteiger partial charge >= 0.3 is 0 Å². The third kappa shape index (κ3) is 2.49. The minimum absolute atomic E-state index is 0.0875. The number of carbonyl (C=O) groups is 1. The van der Waals surface area contributed by atoms with Crippen LogP contribution in [0, 0.1) is 12.7 Å². The highest BCUT2D eigenvalue weighted by molar-refractivity contribution is 6.01. The lowest BCUT2D eigenvalue weighted by molar-refractivity contribution is -0.118. The summed E-state index contributed by atoms with van der Waals surface area (Å²) in [6, 6.07) is 12.1. The van der Waals surface area contributed by atoms with Crippen LogP contribution in [0.25, 0.3) is 0 Å². The van der Waals surface area contributed by atoms with Crippen LogP contribution >= 0.6 is 0 Å². The van der Waals surface area contributed by atoms with Crippen LogP contribution in [0.2, 0.25) is 0 Å². The number of nitrogens with two attached hydrogens (primary N) is 1. The van der Waals surface area contributed by atoms with E-state index in [-0.39, 0.29) is 11.7 Å². The molecule has 1 fully saturated rings. The first-order valence-electron chi connectivity index (χ1n) is 6.95. The molecule has 0 aromatic heterocycles. The molecule has 0 saturated heterocycles. The Labute approximate surface area is 123 Å². The summed E-state index contributed by atoms with van der Waals surface area (Å²) < 4.78 is 13.5. The van der Waals surface area contributed by atoms with Crippen molar-refractivity contribution in [2.45, 2.75) is 25.2 Å². The van der Waals surface area contributed by atoms with Crippen molar-refractivity contribution in [1.29, 1.82) is 0 Å². The fraction of sp³-hybridized carbons (Fsp3) is 0.235. The van der Waals surface area contributed by atoms with Crippen LogP contribution in [0.15, 0.2) is 42.5 Å². The molecule has 108 valence electrons. The molecular formula is C17H17FN2O. The molecule has 1 aliphatic rings. The summed E-state index contributed by atoms with van der Waals surface area (Å²) in [6.45, 7) is 1.69. The Morgan fingerprint density at radius 2 is 1.86 bits per heavy atom. The highest BCUT2D eigenvalue weighted by Gasteiger charge is 2.51. The maximum Gasteiger partial charge on any atom is 0.235 e. The van der Waals surface area contributed by atoms with Crippen molar-refractivity contribution in [1.82, 2.24) is 0 Å². The molecule has 3 nitrogen and oxygen atoms in total. The Kier molecular flexibility index (Phi) is 3.16. The summed E-state index contributed by atoms with van der Waals surface area (Å²) in [5.74, 6) is -0.402. The molecule has 1 aliphatic carbocycles.